The summed E-state index contributed by atoms with van der Waals surface area (Å²) in [5.74, 6) is 0.601. The molecule has 1 rings (SSSR count). The first-order valence-corrected chi connectivity index (χ1v) is 6.09. The van der Waals surface area contributed by atoms with Crippen LogP contribution in [0.15, 0.2) is 24.3 Å². The highest BCUT2D eigenvalue weighted by Crippen LogP contribution is 2.13. The Hall–Kier alpha value is -1.55. The molecule has 0 amide bonds. The van der Waals surface area contributed by atoms with Gasteiger partial charge in [0, 0.05) is 6.54 Å². The molecular formula is C14H21NO3. The van der Waals surface area contributed by atoms with Crippen molar-refractivity contribution in [3.63, 3.8) is 0 Å². The zero-order valence-electron chi connectivity index (χ0n) is 11.4. The minimum atomic E-state index is -0.304. The molecule has 1 aromatic rings. The molecule has 100 valence electrons. The predicted molar refractivity (Wildman–Crippen MR) is 70.5 cm³/mol. The Morgan fingerprint density at radius 2 is 1.83 bits per heavy atom. The van der Waals surface area contributed by atoms with Gasteiger partial charge in [0.15, 0.2) is 0 Å². The van der Waals surface area contributed by atoms with E-state index in [-0.39, 0.29) is 18.1 Å². The number of esters is 1. The Labute approximate surface area is 108 Å². The van der Waals surface area contributed by atoms with Gasteiger partial charge in [-0.2, -0.15) is 0 Å². The molecule has 1 aromatic carbocycles. The molecule has 0 unspecified atom stereocenters. The molecule has 18 heavy (non-hydrogen) atoms. The third-order valence-electron chi connectivity index (χ3n) is 2.46. The Kier molecular flexibility index (Phi) is 5.65. The molecule has 1 N–H and O–H groups in total. The van der Waals surface area contributed by atoms with Crippen LogP contribution in [0.25, 0.3) is 0 Å². The molecule has 0 fully saturated rings. The van der Waals surface area contributed by atoms with E-state index in [4.69, 9.17) is 4.74 Å². The summed E-state index contributed by atoms with van der Waals surface area (Å²) in [5, 5.41) is 3.09. The largest absolute Gasteiger partial charge is 0.491 e. The first-order valence-electron chi connectivity index (χ1n) is 6.09. The highest BCUT2D eigenvalue weighted by molar-refractivity contribution is 5.75. The molecule has 0 bridgehead atoms. The summed E-state index contributed by atoms with van der Waals surface area (Å²) in [7, 11) is 1.39. The summed E-state index contributed by atoms with van der Waals surface area (Å²) in [5.41, 5.74) is 1.10. The predicted octanol–water partition coefficient (Wildman–Crippen LogP) is 2.12. The van der Waals surface area contributed by atoms with E-state index < -0.39 is 0 Å². The van der Waals surface area contributed by atoms with Gasteiger partial charge < -0.3 is 14.8 Å². The SMILES string of the molecule is COC(=O)[C@H](C)NCc1ccc(OC(C)C)cc1. The van der Waals surface area contributed by atoms with Crippen molar-refractivity contribution in [2.75, 3.05) is 7.11 Å². The topological polar surface area (TPSA) is 47.6 Å². The Bertz CT molecular complexity index is 373. The fourth-order valence-corrected chi connectivity index (χ4v) is 1.49. The minimum Gasteiger partial charge on any atom is -0.491 e. The molecule has 0 aromatic heterocycles. The van der Waals surface area contributed by atoms with Crippen molar-refractivity contribution >= 4 is 5.97 Å². The number of methoxy groups -OCH3 is 1. The summed E-state index contributed by atoms with van der Waals surface area (Å²) in [6.07, 6.45) is 0.174. The summed E-state index contributed by atoms with van der Waals surface area (Å²) in [6.45, 7) is 6.39. The fourth-order valence-electron chi connectivity index (χ4n) is 1.49. The quantitative estimate of drug-likeness (QED) is 0.787. The van der Waals surface area contributed by atoms with E-state index >= 15 is 0 Å². The molecule has 0 spiro atoms. The zero-order chi connectivity index (χ0) is 13.5. The second-order valence-electron chi connectivity index (χ2n) is 4.44. The van der Waals surface area contributed by atoms with Gasteiger partial charge in [0.1, 0.15) is 11.8 Å². The number of carbonyl (C=O) groups excluding carboxylic acids is 1. The van der Waals surface area contributed by atoms with Crippen LogP contribution < -0.4 is 10.1 Å². The maximum absolute atomic E-state index is 11.2. The number of carbonyl (C=O) groups is 1. The van der Waals surface area contributed by atoms with Gasteiger partial charge in [-0.25, -0.2) is 0 Å². The molecule has 0 saturated carbocycles. The third kappa shape index (κ3) is 4.75. The van der Waals surface area contributed by atoms with Crippen molar-refractivity contribution in [1.29, 1.82) is 0 Å². The number of rotatable bonds is 6. The van der Waals surface area contributed by atoms with Crippen molar-refractivity contribution < 1.29 is 14.3 Å². The van der Waals surface area contributed by atoms with E-state index in [1.165, 1.54) is 7.11 Å². The smallest absolute Gasteiger partial charge is 0.322 e. The molecule has 4 heteroatoms. The Morgan fingerprint density at radius 3 is 2.33 bits per heavy atom. The second-order valence-corrected chi connectivity index (χ2v) is 4.44. The van der Waals surface area contributed by atoms with Crippen LogP contribution in [0, 0.1) is 0 Å². The number of hydrogen-bond donors (Lipinski definition) is 1. The molecular weight excluding hydrogens is 230 g/mol. The van der Waals surface area contributed by atoms with E-state index in [1.54, 1.807) is 6.92 Å². The fraction of sp³-hybridized carbons (Fsp3) is 0.500. The standard InChI is InChI=1S/C14H21NO3/c1-10(2)18-13-7-5-12(6-8-13)9-15-11(3)14(16)17-4/h5-8,10-11,15H,9H2,1-4H3/t11-/m0/s1. The maximum atomic E-state index is 11.2. The summed E-state index contributed by atoms with van der Waals surface area (Å²) < 4.78 is 10.2. The van der Waals surface area contributed by atoms with Crippen LogP contribution in [0.5, 0.6) is 5.75 Å². The third-order valence-corrected chi connectivity index (χ3v) is 2.46. The number of nitrogens with one attached hydrogen (secondary N) is 1. The lowest BCUT2D eigenvalue weighted by Gasteiger charge is -2.12. The van der Waals surface area contributed by atoms with Crippen LogP contribution in [0.4, 0.5) is 0 Å². The molecule has 0 heterocycles. The molecule has 0 aliphatic carbocycles. The molecule has 0 aliphatic rings. The van der Waals surface area contributed by atoms with E-state index in [1.807, 2.05) is 38.1 Å². The van der Waals surface area contributed by atoms with E-state index in [0.29, 0.717) is 6.54 Å². The molecule has 0 saturated heterocycles. The van der Waals surface area contributed by atoms with Crippen molar-refractivity contribution in [2.24, 2.45) is 0 Å². The van der Waals surface area contributed by atoms with Gasteiger partial charge in [0.05, 0.1) is 13.2 Å². The first-order chi connectivity index (χ1) is 8.52. The van der Waals surface area contributed by atoms with Gasteiger partial charge in [-0.1, -0.05) is 12.1 Å². The van der Waals surface area contributed by atoms with E-state index in [9.17, 15) is 4.79 Å². The number of ether oxygens (including phenoxy) is 2. The van der Waals surface area contributed by atoms with Crippen LogP contribution in [-0.4, -0.2) is 25.2 Å². The highest BCUT2D eigenvalue weighted by atomic mass is 16.5. The van der Waals surface area contributed by atoms with Crippen LogP contribution >= 0.6 is 0 Å². The van der Waals surface area contributed by atoms with Crippen molar-refractivity contribution in [3.8, 4) is 5.75 Å². The number of hydrogen-bond acceptors (Lipinski definition) is 4. The van der Waals surface area contributed by atoms with Crippen molar-refractivity contribution in [3.05, 3.63) is 29.8 Å². The van der Waals surface area contributed by atoms with Gasteiger partial charge in [0.2, 0.25) is 0 Å². The van der Waals surface area contributed by atoms with Gasteiger partial charge in [-0.05, 0) is 38.5 Å². The average molecular weight is 251 g/mol. The molecule has 0 aliphatic heterocycles. The summed E-state index contributed by atoms with van der Waals surface area (Å²) in [6, 6.07) is 7.52. The monoisotopic (exact) mass is 251 g/mol. The van der Waals surface area contributed by atoms with Crippen LogP contribution in [0.3, 0.4) is 0 Å². The van der Waals surface area contributed by atoms with Gasteiger partial charge >= 0.3 is 5.97 Å². The molecule has 1 atom stereocenters. The van der Waals surface area contributed by atoms with E-state index in [2.05, 4.69) is 10.1 Å². The lowest BCUT2D eigenvalue weighted by molar-refractivity contribution is -0.142. The molecule has 4 nitrogen and oxygen atoms in total. The Morgan fingerprint density at radius 1 is 1.22 bits per heavy atom. The normalized spacial score (nSPS) is 12.3. The molecule has 0 radical (unpaired) electrons. The first kappa shape index (κ1) is 14.5. The minimum absolute atomic E-state index is 0.174. The summed E-state index contributed by atoms with van der Waals surface area (Å²) >= 11 is 0. The summed E-state index contributed by atoms with van der Waals surface area (Å²) in [4.78, 5) is 11.2. The second kappa shape index (κ2) is 7.01. The lowest BCUT2D eigenvalue weighted by atomic mass is 10.2. The number of benzene rings is 1. The van der Waals surface area contributed by atoms with Crippen molar-refractivity contribution in [2.45, 2.75) is 39.5 Å². The van der Waals surface area contributed by atoms with Gasteiger partial charge in [-0.15, -0.1) is 0 Å². The average Bonchev–Trinajstić information content (AvgIpc) is 2.36. The Balaban J connectivity index is 2.46. The van der Waals surface area contributed by atoms with Gasteiger partial charge in [-0.3, -0.25) is 4.79 Å². The maximum Gasteiger partial charge on any atom is 0.322 e. The van der Waals surface area contributed by atoms with E-state index in [0.717, 1.165) is 11.3 Å². The van der Waals surface area contributed by atoms with Gasteiger partial charge in [0.25, 0.3) is 0 Å². The van der Waals surface area contributed by atoms with Crippen LogP contribution in [-0.2, 0) is 16.1 Å². The van der Waals surface area contributed by atoms with Crippen molar-refractivity contribution in [1.82, 2.24) is 5.32 Å². The zero-order valence-corrected chi connectivity index (χ0v) is 11.4. The highest BCUT2D eigenvalue weighted by Gasteiger charge is 2.11. The van der Waals surface area contributed by atoms with Crippen LogP contribution in [0.1, 0.15) is 26.3 Å². The lowest BCUT2D eigenvalue weighted by Crippen LogP contribution is -2.34. The van der Waals surface area contributed by atoms with Crippen LogP contribution in [0.2, 0.25) is 0 Å².